The van der Waals surface area contributed by atoms with Crippen LogP contribution in [-0.2, 0) is 16.1 Å². The minimum absolute atomic E-state index is 0.0894. The number of hydrogen-bond donors (Lipinski definition) is 3. The van der Waals surface area contributed by atoms with Crippen molar-refractivity contribution in [2.75, 3.05) is 6.61 Å². The molecule has 4 rings (SSSR count). The standard InChI is InChI=1S/C21H21NO7/c23-10-15-17(24)18(25)16(21(29-15)28-11-12-6-2-1-3-7-12)22-19(26)13-8-4-5-9-14(13)20(22)27/h1-9,15-18,21,23-25H,10-11H2/t15?,16-,17+,18+,21+/m0/s1. The lowest BCUT2D eigenvalue weighted by Crippen LogP contribution is -2.65. The van der Waals surface area contributed by atoms with E-state index in [0.29, 0.717) is 0 Å². The van der Waals surface area contributed by atoms with Crippen molar-refractivity contribution in [3.05, 3.63) is 71.3 Å². The number of fused-ring (bicyclic) bond motifs is 1. The Bertz CT molecular complexity index is 868. The first-order valence-electron chi connectivity index (χ1n) is 9.28. The van der Waals surface area contributed by atoms with Crippen LogP contribution >= 0.6 is 0 Å². The van der Waals surface area contributed by atoms with Crippen molar-refractivity contribution in [1.82, 2.24) is 4.90 Å². The Morgan fingerprint density at radius 3 is 2.07 bits per heavy atom. The predicted molar refractivity (Wildman–Crippen MR) is 99.7 cm³/mol. The van der Waals surface area contributed by atoms with Crippen LogP contribution in [0.4, 0.5) is 0 Å². The molecule has 8 nitrogen and oxygen atoms in total. The molecule has 1 saturated heterocycles. The number of rotatable bonds is 5. The largest absolute Gasteiger partial charge is 0.394 e. The van der Waals surface area contributed by atoms with E-state index in [1.807, 2.05) is 30.3 Å². The molecule has 2 aliphatic heterocycles. The molecule has 1 unspecified atom stereocenters. The minimum Gasteiger partial charge on any atom is -0.394 e. The Balaban J connectivity index is 1.64. The van der Waals surface area contributed by atoms with Crippen molar-refractivity contribution in [3.8, 4) is 0 Å². The minimum atomic E-state index is -1.55. The van der Waals surface area contributed by atoms with Gasteiger partial charge >= 0.3 is 0 Å². The fourth-order valence-corrected chi connectivity index (χ4v) is 3.71. The van der Waals surface area contributed by atoms with E-state index in [1.165, 1.54) is 12.1 Å². The van der Waals surface area contributed by atoms with Crippen LogP contribution in [0.2, 0.25) is 0 Å². The molecule has 152 valence electrons. The van der Waals surface area contributed by atoms with Crippen LogP contribution in [0.1, 0.15) is 26.3 Å². The van der Waals surface area contributed by atoms with Gasteiger partial charge in [-0.1, -0.05) is 42.5 Å². The van der Waals surface area contributed by atoms with Crippen LogP contribution in [-0.4, -0.2) is 69.3 Å². The molecular formula is C21H21NO7. The van der Waals surface area contributed by atoms with Crippen molar-refractivity contribution in [2.45, 2.75) is 37.3 Å². The number of carbonyl (C=O) groups is 2. The summed E-state index contributed by atoms with van der Waals surface area (Å²) >= 11 is 0. The lowest BCUT2D eigenvalue weighted by Gasteiger charge is -2.44. The highest BCUT2D eigenvalue weighted by Gasteiger charge is 2.53. The Morgan fingerprint density at radius 2 is 1.48 bits per heavy atom. The molecule has 0 bridgehead atoms. The molecule has 0 spiro atoms. The van der Waals surface area contributed by atoms with E-state index >= 15 is 0 Å². The lowest BCUT2D eigenvalue weighted by molar-refractivity contribution is -0.282. The summed E-state index contributed by atoms with van der Waals surface area (Å²) in [6.45, 7) is -0.468. The first-order chi connectivity index (χ1) is 14.0. The fraction of sp³-hybridized carbons (Fsp3) is 0.333. The van der Waals surface area contributed by atoms with Crippen LogP contribution in [0, 0.1) is 0 Å². The average molecular weight is 399 g/mol. The maximum absolute atomic E-state index is 12.9. The Labute approximate surface area is 166 Å². The van der Waals surface area contributed by atoms with Crippen LogP contribution < -0.4 is 0 Å². The second kappa shape index (κ2) is 8.02. The van der Waals surface area contributed by atoms with Gasteiger partial charge in [-0.25, -0.2) is 0 Å². The summed E-state index contributed by atoms with van der Waals surface area (Å²) in [5.74, 6) is -1.19. The lowest BCUT2D eigenvalue weighted by atomic mass is 9.95. The first kappa shape index (κ1) is 19.7. The van der Waals surface area contributed by atoms with E-state index in [0.717, 1.165) is 10.5 Å². The van der Waals surface area contributed by atoms with Gasteiger partial charge in [-0.3, -0.25) is 14.5 Å². The summed E-state index contributed by atoms with van der Waals surface area (Å²) in [5, 5.41) is 30.5. The molecule has 3 N–H and O–H groups in total. The van der Waals surface area contributed by atoms with E-state index in [2.05, 4.69) is 0 Å². The smallest absolute Gasteiger partial charge is 0.262 e. The molecule has 2 aliphatic rings. The number of benzene rings is 2. The van der Waals surface area contributed by atoms with Gasteiger partial charge in [0.25, 0.3) is 11.8 Å². The van der Waals surface area contributed by atoms with Gasteiger partial charge in [-0.05, 0) is 17.7 Å². The molecule has 0 radical (unpaired) electrons. The molecule has 29 heavy (non-hydrogen) atoms. The SMILES string of the molecule is O=C1c2ccccc2C(=O)N1[C@@H]1[C@H](OCc2ccccc2)OC(CO)[C@@H](O)[C@@H]1O. The van der Waals surface area contributed by atoms with Crippen LogP contribution in [0.25, 0.3) is 0 Å². The zero-order chi connectivity index (χ0) is 20.5. The predicted octanol–water partition coefficient (Wildman–Crippen LogP) is 0.307. The summed E-state index contributed by atoms with van der Waals surface area (Å²) in [6, 6.07) is 14.2. The molecule has 2 aromatic carbocycles. The third-order valence-corrected chi connectivity index (χ3v) is 5.23. The van der Waals surface area contributed by atoms with Crippen molar-refractivity contribution in [2.24, 2.45) is 0 Å². The number of nitrogens with zero attached hydrogens (tertiary/aromatic N) is 1. The third kappa shape index (κ3) is 3.45. The van der Waals surface area contributed by atoms with Crippen molar-refractivity contribution >= 4 is 11.8 Å². The molecule has 0 saturated carbocycles. The fourth-order valence-electron chi connectivity index (χ4n) is 3.71. The van der Waals surface area contributed by atoms with Gasteiger partial charge in [0.05, 0.1) is 24.3 Å². The number of aliphatic hydroxyl groups excluding tert-OH is 3. The zero-order valence-corrected chi connectivity index (χ0v) is 15.4. The molecule has 2 amide bonds. The molecule has 5 atom stereocenters. The molecule has 0 aromatic heterocycles. The van der Waals surface area contributed by atoms with Gasteiger partial charge in [0.15, 0.2) is 6.29 Å². The second-order valence-electron chi connectivity index (χ2n) is 7.02. The maximum atomic E-state index is 12.9. The summed E-state index contributed by atoms with van der Waals surface area (Å²) in [6.07, 6.45) is -5.39. The van der Waals surface area contributed by atoms with Crippen LogP contribution in [0.5, 0.6) is 0 Å². The molecule has 0 aliphatic carbocycles. The number of amides is 2. The normalized spacial score (nSPS) is 29.2. The molecule has 8 heteroatoms. The summed E-state index contributed by atoms with van der Waals surface area (Å²) in [7, 11) is 0. The van der Waals surface area contributed by atoms with Gasteiger partial charge in [-0.15, -0.1) is 0 Å². The molecule has 1 fully saturated rings. The van der Waals surface area contributed by atoms with Crippen molar-refractivity contribution in [1.29, 1.82) is 0 Å². The second-order valence-corrected chi connectivity index (χ2v) is 7.02. The monoisotopic (exact) mass is 399 g/mol. The van der Waals surface area contributed by atoms with E-state index in [9.17, 15) is 24.9 Å². The highest BCUT2D eigenvalue weighted by atomic mass is 16.7. The van der Waals surface area contributed by atoms with E-state index in [-0.39, 0.29) is 17.7 Å². The number of ether oxygens (including phenoxy) is 2. The zero-order valence-electron chi connectivity index (χ0n) is 15.4. The average Bonchev–Trinajstić information content (AvgIpc) is 3.00. The number of imide groups is 1. The van der Waals surface area contributed by atoms with Crippen LogP contribution in [0.15, 0.2) is 54.6 Å². The number of aliphatic hydroxyl groups is 3. The molecule has 2 heterocycles. The summed E-state index contributed by atoms with van der Waals surface area (Å²) in [4.78, 5) is 26.6. The highest BCUT2D eigenvalue weighted by molar-refractivity contribution is 6.21. The van der Waals surface area contributed by atoms with Gasteiger partial charge < -0.3 is 24.8 Å². The maximum Gasteiger partial charge on any atom is 0.262 e. The third-order valence-electron chi connectivity index (χ3n) is 5.23. The number of carbonyl (C=O) groups excluding carboxylic acids is 2. The van der Waals surface area contributed by atoms with E-state index in [1.54, 1.807) is 12.1 Å². The topological polar surface area (TPSA) is 117 Å². The van der Waals surface area contributed by atoms with Crippen molar-refractivity contribution in [3.63, 3.8) is 0 Å². The van der Waals surface area contributed by atoms with Gasteiger partial charge in [0, 0.05) is 0 Å². The van der Waals surface area contributed by atoms with Gasteiger partial charge in [-0.2, -0.15) is 0 Å². The van der Waals surface area contributed by atoms with E-state index in [4.69, 9.17) is 9.47 Å². The molecule has 2 aromatic rings. The van der Waals surface area contributed by atoms with Crippen molar-refractivity contribution < 1.29 is 34.4 Å². The molecular weight excluding hydrogens is 378 g/mol. The first-order valence-corrected chi connectivity index (χ1v) is 9.28. The Kier molecular flexibility index (Phi) is 5.44. The highest BCUT2D eigenvalue weighted by Crippen LogP contribution is 2.32. The van der Waals surface area contributed by atoms with Crippen LogP contribution in [0.3, 0.4) is 0 Å². The van der Waals surface area contributed by atoms with Gasteiger partial charge in [0.1, 0.15) is 24.4 Å². The number of hydrogen-bond acceptors (Lipinski definition) is 7. The quantitative estimate of drug-likeness (QED) is 0.620. The van der Waals surface area contributed by atoms with E-state index < -0.39 is 49.1 Å². The Hall–Kier alpha value is -2.62. The van der Waals surface area contributed by atoms with Gasteiger partial charge in [0.2, 0.25) is 0 Å². The Morgan fingerprint density at radius 1 is 0.897 bits per heavy atom. The summed E-state index contributed by atoms with van der Waals surface area (Å²) in [5.41, 5.74) is 1.24. The summed E-state index contributed by atoms with van der Waals surface area (Å²) < 4.78 is 11.4.